The second-order valence-electron chi connectivity index (χ2n) is 8.32. The Bertz CT molecular complexity index is 634. The zero-order valence-corrected chi connectivity index (χ0v) is 21.9. The summed E-state index contributed by atoms with van der Waals surface area (Å²) < 4.78 is 5.87. The molecule has 0 aromatic heterocycles. The van der Waals surface area contributed by atoms with Gasteiger partial charge in [-0.2, -0.15) is 11.8 Å². The molecule has 0 radical (unpaired) electrons. The fraction of sp³-hybridized carbons (Fsp3) is 0.696. The zero-order valence-electron chi connectivity index (χ0n) is 18.7. The van der Waals surface area contributed by atoms with Crippen molar-refractivity contribution in [3.63, 3.8) is 0 Å². The van der Waals surface area contributed by atoms with Crippen molar-refractivity contribution in [2.24, 2.45) is 4.99 Å². The number of nitrogens with one attached hydrogen (secondary N) is 2. The van der Waals surface area contributed by atoms with Crippen LogP contribution in [0, 0.1) is 0 Å². The summed E-state index contributed by atoms with van der Waals surface area (Å²) in [5, 5.41) is 7.32. The minimum atomic E-state index is 0. The van der Waals surface area contributed by atoms with Gasteiger partial charge in [-0.05, 0) is 43.9 Å². The van der Waals surface area contributed by atoms with Crippen molar-refractivity contribution < 1.29 is 4.74 Å². The van der Waals surface area contributed by atoms with Crippen molar-refractivity contribution in [1.29, 1.82) is 0 Å². The molecule has 7 heteroatoms. The lowest BCUT2D eigenvalue weighted by Gasteiger charge is -2.39. The third-order valence-corrected chi connectivity index (χ3v) is 7.69. The summed E-state index contributed by atoms with van der Waals surface area (Å²) in [7, 11) is 1.88. The lowest BCUT2D eigenvalue weighted by atomic mass is 9.97. The Balaban J connectivity index is 0.00000320. The number of hydrogen-bond acceptors (Lipinski definition) is 4. The Morgan fingerprint density at radius 1 is 1.27 bits per heavy atom. The van der Waals surface area contributed by atoms with Gasteiger partial charge in [0.05, 0.1) is 0 Å². The lowest BCUT2D eigenvalue weighted by molar-refractivity contribution is 0.0781. The smallest absolute Gasteiger partial charge is 0.191 e. The highest BCUT2D eigenvalue weighted by Crippen LogP contribution is 2.34. The standard InChI is InChI=1S/C23H38N4OS.HI/c1-4-29-23(11-14-28-15-12-23)18-25-22(24-3)26-21-10-13-27(19(2)16-21)17-20-8-6-5-7-9-20;/h5-9,19,21H,4,10-18H2,1-3H3,(H2,24,25,26);1H. The summed E-state index contributed by atoms with van der Waals surface area (Å²) in [6.07, 6.45) is 4.53. The minimum Gasteiger partial charge on any atom is -0.381 e. The maximum absolute atomic E-state index is 5.60. The number of halogens is 1. The van der Waals surface area contributed by atoms with Crippen molar-refractivity contribution in [3.05, 3.63) is 35.9 Å². The average Bonchev–Trinajstić information content (AvgIpc) is 2.75. The zero-order chi connectivity index (χ0) is 20.5. The maximum atomic E-state index is 5.60. The summed E-state index contributed by atoms with van der Waals surface area (Å²) >= 11 is 2.07. The number of likely N-dealkylation sites (tertiary alicyclic amines) is 1. The van der Waals surface area contributed by atoms with Crippen molar-refractivity contribution in [2.75, 3.05) is 39.1 Å². The molecule has 2 heterocycles. The quantitative estimate of drug-likeness (QED) is 0.306. The summed E-state index contributed by atoms with van der Waals surface area (Å²) in [6.45, 7) is 9.47. The summed E-state index contributed by atoms with van der Waals surface area (Å²) in [5.74, 6) is 2.09. The lowest BCUT2D eigenvalue weighted by Crippen LogP contribution is -2.53. The first-order valence-corrected chi connectivity index (χ1v) is 12.1. The Labute approximate surface area is 204 Å². The molecule has 1 aromatic rings. The second-order valence-corrected chi connectivity index (χ2v) is 10.1. The highest BCUT2D eigenvalue weighted by molar-refractivity contribution is 14.0. The molecule has 2 aliphatic rings. The molecule has 1 aromatic carbocycles. The SMILES string of the molecule is CCSC1(CNC(=NC)NC2CCN(Cc3ccccc3)C(C)C2)CCOCC1.I. The predicted octanol–water partition coefficient (Wildman–Crippen LogP) is 4.12. The molecule has 0 saturated carbocycles. The number of guanidine groups is 1. The van der Waals surface area contributed by atoms with E-state index in [2.05, 4.69) is 76.5 Å². The number of aliphatic imine (C=N–C) groups is 1. The monoisotopic (exact) mass is 546 g/mol. The Morgan fingerprint density at radius 3 is 2.63 bits per heavy atom. The maximum Gasteiger partial charge on any atom is 0.191 e. The number of hydrogen-bond donors (Lipinski definition) is 2. The van der Waals surface area contributed by atoms with E-state index in [1.54, 1.807) is 0 Å². The minimum absolute atomic E-state index is 0. The topological polar surface area (TPSA) is 48.9 Å². The van der Waals surface area contributed by atoms with Crippen LogP contribution in [0.25, 0.3) is 0 Å². The van der Waals surface area contributed by atoms with Crippen molar-refractivity contribution in [1.82, 2.24) is 15.5 Å². The fourth-order valence-electron chi connectivity index (χ4n) is 4.46. The van der Waals surface area contributed by atoms with Gasteiger partial charge < -0.3 is 15.4 Å². The van der Waals surface area contributed by atoms with E-state index >= 15 is 0 Å². The van der Waals surface area contributed by atoms with E-state index in [-0.39, 0.29) is 28.7 Å². The van der Waals surface area contributed by atoms with E-state index < -0.39 is 0 Å². The molecule has 2 saturated heterocycles. The molecule has 3 rings (SSSR count). The van der Waals surface area contributed by atoms with Crippen LogP contribution in [0.3, 0.4) is 0 Å². The Kier molecular flexibility index (Phi) is 11.3. The predicted molar refractivity (Wildman–Crippen MR) is 140 cm³/mol. The summed E-state index contributed by atoms with van der Waals surface area (Å²) in [5.41, 5.74) is 1.40. The van der Waals surface area contributed by atoms with Crippen LogP contribution in [0.4, 0.5) is 0 Å². The van der Waals surface area contributed by atoms with Crippen LogP contribution in [0.2, 0.25) is 0 Å². The van der Waals surface area contributed by atoms with E-state index in [4.69, 9.17) is 4.74 Å². The largest absolute Gasteiger partial charge is 0.381 e. The molecular formula is C23H39IN4OS. The van der Waals surface area contributed by atoms with Gasteiger partial charge in [-0.15, -0.1) is 24.0 Å². The van der Waals surface area contributed by atoms with E-state index in [0.29, 0.717) is 12.1 Å². The third kappa shape index (κ3) is 7.57. The van der Waals surface area contributed by atoms with Crippen LogP contribution < -0.4 is 10.6 Å². The number of rotatable bonds is 7. The highest BCUT2D eigenvalue weighted by Gasteiger charge is 2.33. The molecule has 2 fully saturated rings. The van der Waals surface area contributed by atoms with E-state index in [1.165, 1.54) is 5.56 Å². The van der Waals surface area contributed by atoms with Crippen LogP contribution in [0.1, 0.15) is 45.1 Å². The highest BCUT2D eigenvalue weighted by atomic mass is 127. The van der Waals surface area contributed by atoms with Gasteiger partial charge in [0.25, 0.3) is 0 Å². The molecule has 5 nitrogen and oxygen atoms in total. The summed E-state index contributed by atoms with van der Waals surface area (Å²) in [4.78, 5) is 7.11. The molecule has 0 amide bonds. The Morgan fingerprint density at radius 2 is 2.00 bits per heavy atom. The molecule has 170 valence electrons. The Hall–Kier alpha value is -0.510. The van der Waals surface area contributed by atoms with Crippen LogP contribution in [-0.2, 0) is 11.3 Å². The number of piperidine rings is 1. The van der Waals surface area contributed by atoms with Crippen molar-refractivity contribution in [2.45, 2.75) is 62.9 Å². The first-order chi connectivity index (χ1) is 14.1. The molecular weight excluding hydrogens is 507 g/mol. The number of thioether (sulfide) groups is 1. The van der Waals surface area contributed by atoms with E-state index in [1.807, 2.05) is 7.05 Å². The number of ether oxygens (including phenoxy) is 1. The van der Waals surface area contributed by atoms with Gasteiger partial charge in [-0.1, -0.05) is 37.3 Å². The normalized spacial score (nSPS) is 24.7. The van der Waals surface area contributed by atoms with Gasteiger partial charge in [0.15, 0.2) is 5.96 Å². The molecule has 0 aliphatic carbocycles. The molecule has 2 aliphatic heterocycles. The van der Waals surface area contributed by atoms with Gasteiger partial charge >= 0.3 is 0 Å². The molecule has 0 bridgehead atoms. The second kappa shape index (κ2) is 13.1. The van der Waals surface area contributed by atoms with Crippen molar-refractivity contribution in [3.8, 4) is 0 Å². The van der Waals surface area contributed by atoms with Gasteiger partial charge in [-0.25, -0.2) is 0 Å². The van der Waals surface area contributed by atoms with Gasteiger partial charge in [0.2, 0.25) is 0 Å². The van der Waals surface area contributed by atoms with Gasteiger partial charge in [0, 0.05) is 56.7 Å². The third-order valence-electron chi connectivity index (χ3n) is 6.24. The van der Waals surface area contributed by atoms with Crippen LogP contribution in [0.15, 0.2) is 35.3 Å². The van der Waals surface area contributed by atoms with Crippen molar-refractivity contribution >= 4 is 41.7 Å². The van der Waals surface area contributed by atoms with Crippen LogP contribution >= 0.6 is 35.7 Å². The molecule has 2 unspecified atom stereocenters. The average molecular weight is 547 g/mol. The first kappa shape index (κ1) is 25.7. The number of nitrogens with zero attached hydrogens (tertiary/aromatic N) is 2. The van der Waals surface area contributed by atoms with E-state index in [9.17, 15) is 0 Å². The first-order valence-electron chi connectivity index (χ1n) is 11.1. The molecule has 2 atom stereocenters. The van der Waals surface area contributed by atoms with Crippen LogP contribution in [-0.4, -0.2) is 66.8 Å². The molecule has 2 N–H and O–H groups in total. The van der Waals surface area contributed by atoms with E-state index in [0.717, 1.165) is 70.2 Å². The number of benzene rings is 1. The van der Waals surface area contributed by atoms with Gasteiger partial charge in [-0.3, -0.25) is 9.89 Å². The summed E-state index contributed by atoms with van der Waals surface area (Å²) in [6, 6.07) is 11.8. The molecule has 30 heavy (non-hydrogen) atoms. The molecule has 0 spiro atoms. The van der Waals surface area contributed by atoms with Gasteiger partial charge in [0.1, 0.15) is 0 Å². The van der Waals surface area contributed by atoms with Crippen LogP contribution in [0.5, 0.6) is 0 Å². The fourth-order valence-corrected chi connectivity index (χ4v) is 5.70.